The van der Waals surface area contributed by atoms with E-state index in [9.17, 15) is 18.8 Å². The molecule has 168 valence electrons. The second kappa shape index (κ2) is 8.77. The highest BCUT2D eigenvalue weighted by Gasteiger charge is 2.51. The molecule has 4 saturated carbocycles. The van der Waals surface area contributed by atoms with Crippen LogP contribution in [0.5, 0.6) is 0 Å². The molecule has 1 unspecified atom stereocenters. The molecule has 6 nitrogen and oxygen atoms in total. The van der Waals surface area contributed by atoms with Crippen molar-refractivity contribution in [1.82, 2.24) is 5.32 Å². The van der Waals surface area contributed by atoms with E-state index in [1.165, 1.54) is 32.3 Å². The number of rotatable bonds is 7. The van der Waals surface area contributed by atoms with Crippen LogP contribution in [0.2, 0.25) is 5.02 Å². The van der Waals surface area contributed by atoms with Gasteiger partial charge in [0.15, 0.2) is 6.10 Å². The van der Waals surface area contributed by atoms with Crippen LogP contribution in [0.4, 0.5) is 10.1 Å². The molecule has 4 aliphatic carbocycles. The third kappa shape index (κ3) is 5.20. The second-order valence-electron chi connectivity index (χ2n) is 9.62. The molecule has 5 rings (SSSR count). The van der Waals surface area contributed by atoms with Crippen molar-refractivity contribution in [2.45, 2.75) is 58.0 Å². The van der Waals surface area contributed by atoms with E-state index >= 15 is 0 Å². The predicted molar refractivity (Wildman–Crippen MR) is 114 cm³/mol. The van der Waals surface area contributed by atoms with Gasteiger partial charge in [0.2, 0.25) is 5.91 Å². The van der Waals surface area contributed by atoms with E-state index in [1.807, 2.05) is 0 Å². The van der Waals surface area contributed by atoms with Crippen molar-refractivity contribution in [2.75, 3.05) is 11.9 Å². The van der Waals surface area contributed by atoms with Crippen LogP contribution in [0.15, 0.2) is 18.2 Å². The summed E-state index contributed by atoms with van der Waals surface area (Å²) in [5, 5.41) is 5.19. The fourth-order valence-electron chi connectivity index (χ4n) is 6.20. The Morgan fingerprint density at radius 1 is 1.16 bits per heavy atom. The Morgan fingerprint density at radius 3 is 2.35 bits per heavy atom. The number of esters is 1. The number of hydrogen-bond acceptors (Lipinski definition) is 4. The molecule has 31 heavy (non-hydrogen) atoms. The van der Waals surface area contributed by atoms with Gasteiger partial charge in [-0.25, -0.2) is 4.39 Å². The van der Waals surface area contributed by atoms with Gasteiger partial charge in [0.1, 0.15) is 12.4 Å². The summed E-state index contributed by atoms with van der Waals surface area (Å²) in [6, 6.07) is 3.57. The van der Waals surface area contributed by atoms with Gasteiger partial charge < -0.3 is 15.4 Å². The molecule has 1 aromatic rings. The Balaban J connectivity index is 1.21. The maximum atomic E-state index is 13.1. The van der Waals surface area contributed by atoms with Gasteiger partial charge >= 0.3 is 5.97 Å². The third-order valence-corrected chi connectivity index (χ3v) is 7.31. The van der Waals surface area contributed by atoms with Crippen LogP contribution in [0.3, 0.4) is 0 Å². The lowest BCUT2D eigenvalue weighted by Gasteiger charge is -2.56. The van der Waals surface area contributed by atoms with Crippen LogP contribution in [-0.2, 0) is 19.1 Å². The first-order valence-electron chi connectivity index (χ1n) is 10.9. The van der Waals surface area contributed by atoms with E-state index in [1.54, 1.807) is 0 Å². The SMILES string of the molecule is CC(OC(=O)CNC(=O)CC12CC3CC(CC(C3)C1)C2)C(=O)Nc1ccc(F)cc1Cl. The van der Waals surface area contributed by atoms with Gasteiger partial charge in [-0.15, -0.1) is 0 Å². The van der Waals surface area contributed by atoms with Crippen molar-refractivity contribution in [3.63, 3.8) is 0 Å². The molecule has 0 spiro atoms. The first kappa shape index (κ1) is 22.1. The molecule has 4 fully saturated rings. The van der Waals surface area contributed by atoms with Gasteiger partial charge in [0.25, 0.3) is 5.91 Å². The van der Waals surface area contributed by atoms with Crippen LogP contribution < -0.4 is 10.6 Å². The number of amides is 2. The zero-order valence-corrected chi connectivity index (χ0v) is 18.3. The lowest BCUT2D eigenvalue weighted by Crippen LogP contribution is -2.48. The Labute approximate surface area is 186 Å². The van der Waals surface area contributed by atoms with Crippen molar-refractivity contribution < 1.29 is 23.5 Å². The minimum Gasteiger partial charge on any atom is -0.451 e. The highest BCUT2D eigenvalue weighted by atomic mass is 35.5. The van der Waals surface area contributed by atoms with E-state index in [2.05, 4.69) is 10.6 Å². The zero-order valence-electron chi connectivity index (χ0n) is 17.6. The van der Waals surface area contributed by atoms with Crippen LogP contribution >= 0.6 is 11.6 Å². The summed E-state index contributed by atoms with van der Waals surface area (Å²) in [4.78, 5) is 36.8. The zero-order chi connectivity index (χ0) is 22.2. The van der Waals surface area contributed by atoms with Gasteiger partial charge in [-0.1, -0.05) is 11.6 Å². The largest absolute Gasteiger partial charge is 0.451 e. The highest BCUT2D eigenvalue weighted by molar-refractivity contribution is 6.33. The number of nitrogens with one attached hydrogen (secondary N) is 2. The minimum atomic E-state index is -1.09. The van der Waals surface area contributed by atoms with Gasteiger partial charge in [0, 0.05) is 6.42 Å². The monoisotopic (exact) mass is 450 g/mol. The molecule has 2 amide bonds. The van der Waals surface area contributed by atoms with Gasteiger partial charge in [-0.05, 0) is 86.8 Å². The van der Waals surface area contributed by atoms with Crippen molar-refractivity contribution >= 4 is 35.1 Å². The van der Waals surface area contributed by atoms with Crippen molar-refractivity contribution in [2.24, 2.45) is 23.2 Å². The molecule has 1 atom stereocenters. The summed E-state index contributed by atoms with van der Waals surface area (Å²) in [5.41, 5.74) is 0.324. The summed E-state index contributed by atoms with van der Waals surface area (Å²) in [5.74, 6) is 0.350. The van der Waals surface area contributed by atoms with Gasteiger partial charge in [-0.3, -0.25) is 14.4 Å². The van der Waals surface area contributed by atoms with Crippen molar-refractivity contribution in [1.29, 1.82) is 0 Å². The topological polar surface area (TPSA) is 84.5 Å². The lowest BCUT2D eigenvalue weighted by molar-refractivity contribution is -0.153. The summed E-state index contributed by atoms with van der Waals surface area (Å²) in [7, 11) is 0. The average Bonchev–Trinajstić information content (AvgIpc) is 2.67. The number of anilines is 1. The van der Waals surface area contributed by atoms with E-state index in [4.69, 9.17) is 16.3 Å². The standard InChI is InChI=1S/C23H28ClFN2O4/c1-13(22(30)27-19-3-2-17(25)7-18(19)24)31-21(29)12-26-20(28)11-23-8-14-4-15(9-23)6-16(5-14)10-23/h2-3,7,13-16H,4-6,8-12H2,1H3,(H,26,28)(H,27,30). The van der Waals surface area contributed by atoms with E-state index in [0.29, 0.717) is 6.42 Å². The molecule has 2 N–H and O–H groups in total. The maximum Gasteiger partial charge on any atom is 0.326 e. The first-order valence-corrected chi connectivity index (χ1v) is 11.3. The van der Waals surface area contributed by atoms with Crippen LogP contribution in [0, 0.1) is 29.0 Å². The molecule has 4 bridgehead atoms. The van der Waals surface area contributed by atoms with E-state index in [-0.39, 0.29) is 28.6 Å². The predicted octanol–water partition coefficient (Wildman–Crippen LogP) is 4.07. The number of halogens is 2. The molecule has 0 saturated heterocycles. The fraction of sp³-hybridized carbons (Fsp3) is 0.609. The summed E-state index contributed by atoms with van der Waals surface area (Å²) in [6.45, 7) is 1.14. The van der Waals surface area contributed by atoms with Gasteiger partial charge in [0.05, 0.1) is 10.7 Å². The quantitative estimate of drug-likeness (QED) is 0.613. The average molecular weight is 451 g/mol. The maximum absolute atomic E-state index is 13.1. The molecule has 0 heterocycles. The molecular weight excluding hydrogens is 423 g/mol. The Morgan fingerprint density at radius 2 is 1.77 bits per heavy atom. The molecule has 0 aliphatic heterocycles. The number of carbonyl (C=O) groups excluding carboxylic acids is 3. The minimum absolute atomic E-state index is 0.0452. The van der Waals surface area contributed by atoms with Crippen LogP contribution in [0.1, 0.15) is 51.9 Å². The second-order valence-corrected chi connectivity index (χ2v) is 10.0. The highest BCUT2D eigenvalue weighted by Crippen LogP contribution is 2.61. The summed E-state index contributed by atoms with van der Waals surface area (Å²) >= 11 is 5.89. The Bertz CT molecular complexity index is 855. The number of hydrogen-bond donors (Lipinski definition) is 2. The smallest absolute Gasteiger partial charge is 0.326 e. The number of benzene rings is 1. The molecule has 0 aromatic heterocycles. The van der Waals surface area contributed by atoms with Gasteiger partial charge in [-0.2, -0.15) is 0 Å². The van der Waals surface area contributed by atoms with Crippen LogP contribution in [0.25, 0.3) is 0 Å². The van der Waals surface area contributed by atoms with Crippen molar-refractivity contribution in [3.05, 3.63) is 29.0 Å². The number of carbonyl (C=O) groups is 3. The van der Waals surface area contributed by atoms with E-state index in [0.717, 1.165) is 49.1 Å². The molecule has 8 heteroatoms. The first-order chi connectivity index (χ1) is 14.7. The lowest BCUT2D eigenvalue weighted by atomic mass is 9.49. The molecule has 1 aromatic carbocycles. The van der Waals surface area contributed by atoms with Crippen molar-refractivity contribution in [3.8, 4) is 0 Å². The molecule has 0 radical (unpaired) electrons. The normalized spacial score (nSPS) is 29.3. The Kier molecular flexibility index (Phi) is 6.24. The fourth-order valence-corrected chi connectivity index (χ4v) is 6.41. The summed E-state index contributed by atoms with van der Waals surface area (Å²) in [6.07, 6.45) is 6.69. The Hall–Kier alpha value is -2.15. The third-order valence-electron chi connectivity index (χ3n) is 7.00. The molecule has 4 aliphatic rings. The molecular formula is C23H28ClFN2O4. The number of ether oxygens (including phenoxy) is 1. The van der Waals surface area contributed by atoms with Crippen LogP contribution in [-0.4, -0.2) is 30.4 Å². The van der Waals surface area contributed by atoms with E-state index < -0.39 is 23.8 Å². The summed E-state index contributed by atoms with van der Waals surface area (Å²) < 4.78 is 18.2.